The Kier molecular flexibility index (Phi) is 6.85. The first-order chi connectivity index (χ1) is 15.2. The Balaban J connectivity index is 1.30. The summed E-state index contributed by atoms with van der Waals surface area (Å²) in [5.74, 6) is 2.32. The van der Waals surface area contributed by atoms with Crippen molar-refractivity contribution in [1.82, 2.24) is 10.2 Å². The van der Waals surface area contributed by atoms with Crippen LogP contribution in [0.4, 0.5) is 5.13 Å². The summed E-state index contributed by atoms with van der Waals surface area (Å²) in [6, 6.07) is 20.7. The van der Waals surface area contributed by atoms with Crippen molar-refractivity contribution in [3.8, 4) is 11.5 Å². The third kappa shape index (κ3) is 5.65. The lowest BCUT2D eigenvalue weighted by Crippen LogP contribution is -2.10. The van der Waals surface area contributed by atoms with Crippen molar-refractivity contribution >= 4 is 34.1 Å². The van der Waals surface area contributed by atoms with Crippen molar-refractivity contribution in [2.24, 2.45) is 0 Å². The molecular formula is C22H19N3O4S2. The van der Waals surface area contributed by atoms with Gasteiger partial charge in [-0.05, 0) is 29.8 Å². The van der Waals surface area contributed by atoms with Crippen molar-refractivity contribution < 1.29 is 18.7 Å². The second-order valence-electron chi connectivity index (χ2n) is 6.31. The number of nitrogens with zero attached hydrogens (tertiary/aromatic N) is 2. The van der Waals surface area contributed by atoms with Crippen molar-refractivity contribution in [1.29, 1.82) is 0 Å². The van der Waals surface area contributed by atoms with Crippen LogP contribution in [0.25, 0.3) is 0 Å². The first-order valence-electron chi connectivity index (χ1n) is 9.37. The lowest BCUT2D eigenvalue weighted by molar-refractivity contribution is 0.0992. The van der Waals surface area contributed by atoms with Gasteiger partial charge in [0.1, 0.15) is 12.4 Å². The summed E-state index contributed by atoms with van der Waals surface area (Å²) in [5, 5.41) is 11.3. The number of hydrogen-bond acceptors (Lipinski definition) is 8. The lowest BCUT2D eigenvalue weighted by Gasteiger charge is -2.08. The molecule has 1 N–H and O–H groups in total. The van der Waals surface area contributed by atoms with E-state index < -0.39 is 0 Å². The van der Waals surface area contributed by atoms with Gasteiger partial charge in [-0.1, -0.05) is 65.6 Å². The summed E-state index contributed by atoms with van der Waals surface area (Å²) in [5.41, 5.74) is 1.20. The number of thioether (sulfide) groups is 1. The molecule has 0 atom stereocenters. The van der Waals surface area contributed by atoms with Crippen LogP contribution in [0.5, 0.6) is 11.5 Å². The number of anilines is 1. The third-order valence-electron chi connectivity index (χ3n) is 4.16. The number of amides is 1. The van der Waals surface area contributed by atoms with Gasteiger partial charge in [-0.2, -0.15) is 0 Å². The van der Waals surface area contributed by atoms with Crippen LogP contribution in [0.3, 0.4) is 0 Å². The molecule has 0 fully saturated rings. The van der Waals surface area contributed by atoms with Crippen molar-refractivity contribution in [3.63, 3.8) is 0 Å². The molecule has 0 unspecified atom stereocenters. The van der Waals surface area contributed by atoms with Crippen molar-refractivity contribution in [3.05, 3.63) is 83.8 Å². The fourth-order valence-electron chi connectivity index (χ4n) is 2.66. The van der Waals surface area contributed by atoms with Crippen molar-refractivity contribution in [2.75, 3.05) is 12.4 Å². The molecule has 1 amide bonds. The molecular weight excluding hydrogens is 434 g/mol. The number of furan rings is 1. The van der Waals surface area contributed by atoms with Crippen LogP contribution in [0.15, 0.2) is 75.5 Å². The first kappa shape index (κ1) is 21.0. The zero-order valence-electron chi connectivity index (χ0n) is 16.6. The minimum absolute atomic E-state index is 0.173. The second kappa shape index (κ2) is 10.1. The number of carbonyl (C=O) groups excluding carboxylic acids is 1. The van der Waals surface area contributed by atoms with Gasteiger partial charge in [0.15, 0.2) is 21.6 Å². The Morgan fingerprint density at radius 3 is 2.61 bits per heavy atom. The van der Waals surface area contributed by atoms with E-state index in [2.05, 4.69) is 27.6 Å². The number of ether oxygens (including phenoxy) is 2. The van der Waals surface area contributed by atoms with Crippen LogP contribution < -0.4 is 14.8 Å². The Bertz CT molecular complexity index is 1140. The second-order valence-corrected chi connectivity index (χ2v) is 8.51. The third-order valence-corrected chi connectivity index (χ3v) is 6.20. The van der Waals surface area contributed by atoms with Gasteiger partial charge in [-0.25, -0.2) is 0 Å². The molecule has 0 aliphatic carbocycles. The molecule has 0 spiro atoms. The molecule has 31 heavy (non-hydrogen) atoms. The van der Waals surface area contributed by atoms with Crippen LogP contribution in [-0.4, -0.2) is 23.2 Å². The van der Waals surface area contributed by atoms with Gasteiger partial charge in [0.2, 0.25) is 5.13 Å². The Morgan fingerprint density at radius 1 is 1.03 bits per heavy atom. The van der Waals surface area contributed by atoms with Crippen LogP contribution in [0.1, 0.15) is 21.9 Å². The number of methoxy groups -OCH3 is 1. The number of hydrogen-bond donors (Lipinski definition) is 1. The van der Waals surface area contributed by atoms with E-state index in [-0.39, 0.29) is 18.3 Å². The van der Waals surface area contributed by atoms with E-state index in [1.807, 2.05) is 36.4 Å². The molecule has 9 heteroatoms. The van der Waals surface area contributed by atoms with Gasteiger partial charge in [-0.15, -0.1) is 10.2 Å². The van der Waals surface area contributed by atoms with Gasteiger partial charge < -0.3 is 13.9 Å². The van der Waals surface area contributed by atoms with Crippen LogP contribution in [0.2, 0.25) is 0 Å². The van der Waals surface area contributed by atoms with E-state index in [1.54, 1.807) is 37.1 Å². The summed E-state index contributed by atoms with van der Waals surface area (Å²) >= 11 is 2.89. The molecule has 0 radical (unpaired) electrons. The smallest absolute Gasteiger partial charge is 0.293 e. The minimum Gasteiger partial charge on any atom is -0.493 e. The molecule has 0 aliphatic heterocycles. The van der Waals surface area contributed by atoms with Crippen LogP contribution in [0, 0.1) is 0 Å². The highest BCUT2D eigenvalue weighted by Gasteiger charge is 2.15. The number of benzene rings is 2. The molecule has 2 aromatic carbocycles. The number of carbonyl (C=O) groups is 1. The highest BCUT2D eigenvalue weighted by molar-refractivity contribution is 8.00. The van der Waals surface area contributed by atoms with Gasteiger partial charge in [0, 0.05) is 5.75 Å². The standard InChI is InChI=1S/C22H19N3O4S2/c1-27-17-9-5-6-10-18(17)28-13-16-11-12-19(29-16)20(26)23-21-24-25-22(31-21)30-14-15-7-3-2-4-8-15/h2-12H,13-14H2,1H3,(H,23,24,26). The summed E-state index contributed by atoms with van der Waals surface area (Å²) in [4.78, 5) is 12.5. The van der Waals surface area contributed by atoms with E-state index >= 15 is 0 Å². The SMILES string of the molecule is COc1ccccc1OCc1ccc(C(=O)Nc2nnc(SCc3ccccc3)s2)o1. The molecule has 4 aromatic rings. The number of rotatable bonds is 9. The highest BCUT2D eigenvalue weighted by atomic mass is 32.2. The topological polar surface area (TPSA) is 86.5 Å². The first-order valence-corrected chi connectivity index (χ1v) is 11.2. The van der Waals surface area contributed by atoms with Crippen LogP contribution in [-0.2, 0) is 12.4 Å². The zero-order chi connectivity index (χ0) is 21.5. The Morgan fingerprint density at radius 2 is 1.81 bits per heavy atom. The largest absolute Gasteiger partial charge is 0.493 e. The molecule has 0 bridgehead atoms. The molecule has 7 nitrogen and oxygen atoms in total. The summed E-state index contributed by atoms with van der Waals surface area (Å²) in [6.07, 6.45) is 0. The zero-order valence-corrected chi connectivity index (χ0v) is 18.2. The van der Waals surface area contributed by atoms with Gasteiger partial charge in [0.25, 0.3) is 5.91 Å². The fourth-order valence-corrected chi connectivity index (χ4v) is 4.36. The van der Waals surface area contributed by atoms with Crippen molar-refractivity contribution in [2.45, 2.75) is 16.7 Å². The summed E-state index contributed by atoms with van der Waals surface area (Å²) < 4.78 is 17.4. The molecule has 158 valence electrons. The molecule has 0 saturated carbocycles. The lowest BCUT2D eigenvalue weighted by atomic mass is 10.2. The van der Waals surface area contributed by atoms with Gasteiger partial charge in [0.05, 0.1) is 7.11 Å². The minimum atomic E-state index is -0.390. The molecule has 4 rings (SSSR count). The maximum atomic E-state index is 12.5. The quantitative estimate of drug-likeness (QED) is 0.273. The monoisotopic (exact) mass is 453 g/mol. The van der Waals surface area contributed by atoms with E-state index in [9.17, 15) is 4.79 Å². The maximum absolute atomic E-state index is 12.5. The predicted octanol–water partition coefficient (Wildman–Crippen LogP) is 5.26. The van der Waals surface area contributed by atoms with Crippen LogP contribution >= 0.6 is 23.1 Å². The summed E-state index contributed by atoms with van der Waals surface area (Å²) in [7, 11) is 1.58. The summed E-state index contributed by atoms with van der Waals surface area (Å²) in [6.45, 7) is 0.173. The van der Waals surface area contributed by atoms with E-state index in [0.717, 1.165) is 10.1 Å². The average molecular weight is 454 g/mol. The molecule has 0 saturated heterocycles. The Hall–Kier alpha value is -3.30. The average Bonchev–Trinajstić information content (AvgIpc) is 3.47. The number of nitrogens with one attached hydrogen (secondary N) is 1. The molecule has 0 aliphatic rings. The van der Waals surface area contributed by atoms with Gasteiger partial charge in [-0.3, -0.25) is 10.1 Å². The molecule has 2 aromatic heterocycles. The highest BCUT2D eigenvalue weighted by Crippen LogP contribution is 2.29. The van der Waals surface area contributed by atoms with E-state index in [1.165, 1.54) is 16.9 Å². The number of aromatic nitrogens is 2. The predicted molar refractivity (Wildman–Crippen MR) is 120 cm³/mol. The molecule has 2 heterocycles. The number of para-hydroxylation sites is 2. The fraction of sp³-hybridized carbons (Fsp3) is 0.136. The normalized spacial score (nSPS) is 10.6. The Labute approximate surface area is 187 Å². The maximum Gasteiger partial charge on any atom is 0.293 e. The van der Waals surface area contributed by atoms with E-state index in [4.69, 9.17) is 13.9 Å². The van der Waals surface area contributed by atoms with Gasteiger partial charge >= 0.3 is 0 Å². The van der Waals surface area contributed by atoms with E-state index in [0.29, 0.717) is 22.4 Å².